The number of methoxy groups -OCH3 is 2. The molecule has 0 saturated carbocycles. The summed E-state index contributed by atoms with van der Waals surface area (Å²) >= 11 is 0. The van der Waals surface area contributed by atoms with Gasteiger partial charge in [0, 0.05) is 36.7 Å². The molecule has 2 aliphatic rings. The minimum absolute atomic E-state index is 0.0286. The molecule has 10 nitrogen and oxygen atoms in total. The van der Waals surface area contributed by atoms with Gasteiger partial charge in [0.15, 0.2) is 17.3 Å². The van der Waals surface area contributed by atoms with Crippen molar-refractivity contribution in [3.05, 3.63) is 81.7 Å². The molecular weight excluding hydrogens is 515 g/mol. The number of tetrazole rings is 1. The molecule has 0 radical (unpaired) electrons. The van der Waals surface area contributed by atoms with Crippen molar-refractivity contribution in [1.82, 2.24) is 30.1 Å². The monoisotopic (exact) mass is 546 g/mol. The van der Waals surface area contributed by atoms with Crippen molar-refractivity contribution in [2.24, 2.45) is 0 Å². The van der Waals surface area contributed by atoms with Crippen LogP contribution >= 0.6 is 0 Å². The van der Waals surface area contributed by atoms with Crippen LogP contribution in [-0.4, -0.2) is 70.1 Å². The van der Waals surface area contributed by atoms with Crippen LogP contribution in [0.3, 0.4) is 0 Å². The topological polar surface area (TPSA) is 107 Å². The number of rotatable bonds is 8. The lowest BCUT2D eigenvalue weighted by atomic mass is 9.96. The van der Waals surface area contributed by atoms with Crippen LogP contribution in [0.4, 0.5) is 4.39 Å². The fourth-order valence-corrected chi connectivity index (χ4v) is 5.62. The molecule has 1 N–H and O–H groups in total. The minimum atomic E-state index is -0.510. The Bertz CT molecular complexity index is 1590. The quantitative estimate of drug-likeness (QED) is 0.356. The molecule has 6 rings (SSSR count). The van der Waals surface area contributed by atoms with Crippen molar-refractivity contribution >= 4 is 16.5 Å². The molecule has 1 fully saturated rings. The van der Waals surface area contributed by atoms with Crippen molar-refractivity contribution in [3.8, 4) is 11.5 Å². The van der Waals surface area contributed by atoms with Crippen LogP contribution in [0.5, 0.6) is 11.5 Å². The van der Waals surface area contributed by atoms with Crippen molar-refractivity contribution in [2.45, 2.75) is 38.0 Å². The van der Waals surface area contributed by atoms with Crippen molar-refractivity contribution in [3.63, 3.8) is 0 Å². The Hall–Kier alpha value is -4.09. The van der Waals surface area contributed by atoms with Gasteiger partial charge in [0.05, 0.1) is 32.4 Å². The number of aromatic amines is 1. The summed E-state index contributed by atoms with van der Waals surface area (Å²) in [5, 5.41) is 13.5. The molecule has 40 heavy (non-hydrogen) atoms. The summed E-state index contributed by atoms with van der Waals surface area (Å²) in [6.07, 6.45) is 4.83. The lowest BCUT2D eigenvalue weighted by Crippen LogP contribution is -2.38. The zero-order valence-corrected chi connectivity index (χ0v) is 22.5. The minimum Gasteiger partial charge on any atom is -0.493 e. The van der Waals surface area contributed by atoms with E-state index < -0.39 is 6.04 Å². The molecule has 11 heteroatoms. The number of pyridine rings is 1. The Balaban J connectivity index is 1.42. The molecule has 4 heterocycles. The van der Waals surface area contributed by atoms with Gasteiger partial charge >= 0.3 is 0 Å². The Morgan fingerprint density at radius 3 is 2.65 bits per heavy atom. The van der Waals surface area contributed by atoms with Crippen LogP contribution in [-0.2, 0) is 11.3 Å². The van der Waals surface area contributed by atoms with Gasteiger partial charge in [-0.05, 0) is 65.1 Å². The first-order valence-electron chi connectivity index (χ1n) is 13.4. The van der Waals surface area contributed by atoms with E-state index >= 15 is 0 Å². The van der Waals surface area contributed by atoms with Crippen molar-refractivity contribution in [2.75, 3.05) is 33.9 Å². The lowest BCUT2D eigenvalue weighted by molar-refractivity contribution is 0.0910. The van der Waals surface area contributed by atoms with Gasteiger partial charge in [0.1, 0.15) is 11.9 Å². The van der Waals surface area contributed by atoms with Gasteiger partial charge in [-0.3, -0.25) is 9.69 Å². The molecular formula is C29H31FN6O4. The number of hydrogen-bond donors (Lipinski definition) is 1. The van der Waals surface area contributed by atoms with E-state index in [1.165, 1.54) is 12.1 Å². The summed E-state index contributed by atoms with van der Waals surface area (Å²) in [5.74, 6) is 1.42. The van der Waals surface area contributed by atoms with Crippen molar-refractivity contribution < 1.29 is 18.6 Å². The van der Waals surface area contributed by atoms with E-state index in [9.17, 15) is 9.18 Å². The average molecular weight is 547 g/mol. The highest BCUT2D eigenvalue weighted by molar-refractivity contribution is 5.83. The number of fused-ring (bicyclic) bond motifs is 1. The molecule has 2 aliphatic heterocycles. The SMILES string of the molecule is COc1cc2cc(C(c3nnnn3CC3CCCO3)N3CC=C(c4ccc(F)cc4)CC3)c(=O)[nH]c2cc1OC. The molecule has 1 saturated heterocycles. The number of aromatic nitrogens is 5. The fourth-order valence-electron chi connectivity index (χ4n) is 5.62. The zero-order valence-electron chi connectivity index (χ0n) is 22.5. The van der Waals surface area contributed by atoms with Crippen LogP contribution in [0.2, 0.25) is 0 Å². The smallest absolute Gasteiger partial charge is 0.253 e. The van der Waals surface area contributed by atoms with Gasteiger partial charge in [-0.1, -0.05) is 18.2 Å². The van der Waals surface area contributed by atoms with Gasteiger partial charge in [-0.25, -0.2) is 9.07 Å². The highest BCUT2D eigenvalue weighted by atomic mass is 19.1. The van der Waals surface area contributed by atoms with E-state index in [4.69, 9.17) is 14.2 Å². The predicted molar refractivity (Wildman–Crippen MR) is 147 cm³/mol. The number of ether oxygens (including phenoxy) is 3. The Kier molecular flexibility index (Phi) is 7.31. The van der Waals surface area contributed by atoms with Crippen LogP contribution in [0, 0.1) is 5.82 Å². The van der Waals surface area contributed by atoms with Gasteiger partial charge < -0.3 is 19.2 Å². The third-order valence-corrected chi connectivity index (χ3v) is 7.70. The van der Waals surface area contributed by atoms with Gasteiger partial charge in [0.25, 0.3) is 5.56 Å². The largest absolute Gasteiger partial charge is 0.493 e. The molecule has 2 aromatic carbocycles. The number of H-pyrrole nitrogens is 1. The molecule has 2 atom stereocenters. The third-order valence-electron chi connectivity index (χ3n) is 7.70. The summed E-state index contributed by atoms with van der Waals surface area (Å²) in [6, 6.07) is 11.5. The summed E-state index contributed by atoms with van der Waals surface area (Å²) in [7, 11) is 3.14. The maximum Gasteiger partial charge on any atom is 0.253 e. The number of hydrogen-bond acceptors (Lipinski definition) is 8. The van der Waals surface area contributed by atoms with E-state index in [0.29, 0.717) is 48.0 Å². The van der Waals surface area contributed by atoms with E-state index in [2.05, 4.69) is 31.5 Å². The highest BCUT2D eigenvalue weighted by Gasteiger charge is 2.32. The Morgan fingerprint density at radius 2 is 1.95 bits per heavy atom. The van der Waals surface area contributed by atoms with Crippen molar-refractivity contribution in [1.29, 1.82) is 0 Å². The summed E-state index contributed by atoms with van der Waals surface area (Å²) in [6.45, 7) is 2.46. The van der Waals surface area contributed by atoms with Crippen LogP contribution in [0.1, 0.15) is 42.3 Å². The second kappa shape index (κ2) is 11.2. The summed E-state index contributed by atoms with van der Waals surface area (Å²) < 4.78 is 32.0. The standard InChI is InChI=1S/C29H31FN6O4/c1-38-25-15-20-14-23(29(37)31-24(20)16-26(25)39-2)27(28-32-33-34-36(28)17-22-4-3-13-40-22)35-11-9-19(10-12-35)18-5-7-21(30)8-6-18/h5-9,14-16,22,27H,3-4,10-13,17H2,1-2H3,(H,31,37). The first-order chi connectivity index (χ1) is 19.5. The number of benzene rings is 2. The molecule has 2 aromatic heterocycles. The van der Waals surface area contributed by atoms with Gasteiger partial charge in [0.2, 0.25) is 0 Å². The average Bonchev–Trinajstić information content (AvgIpc) is 3.66. The molecule has 0 bridgehead atoms. The fraction of sp³-hybridized carbons (Fsp3) is 0.379. The summed E-state index contributed by atoms with van der Waals surface area (Å²) in [5.41, 5.74) is 3.07. The van der Waals surface area contributed by atoms with E-state index in [-0.39, 0.29) is 17.5 Å². The first-order valence-corrected chi connectivity index (χ1v) is 13.4. The van der Waals surface area contributed by atoms with E-state index in [0.717, 1.165) is 42.4 Å². The van der Waals surface area contributed by atoms with Crippen LogP contribution < -0.4 is 15.0 Å². The second-order valence-electron chi connectivity index (χ2n) is 10.1. The van der Waals surface area contributed by atoms with Crippen LogP contribution in [0.25, 0.3) is 16.5 Å². The number of halogens is 1. The lowest BCUT2D eigenvalue weighted by Gasteiger charge is -2.33. The maximum atomic E-state index is 13.6. The molecule has 2 unspecified atom stereocenters. The molecule has 0 aliphatic carbocycles. The number of nitrogens with one attached hydrogen (secondary N) is 1. The highest BCUT2D eigenvalue weighted by Crippen LogP contribution is 2.35. The summed E-state index contributed by atoms with van der Waals surface area (Å²) in [4.78, 5) is 18.9. The molecule has 0 spiro atoms. The Morgan fingerprint density at radius 1 is 1.15 bits per heavy atom. The molecule has 0 amide bonds. The zero-order chi connectivity index (χ0) is 27.6. The van der Waals surface area contributed by atoms with Crippen LogP contribution in [0.15, 0.2) is 53.3 Å². The first kappa shape index (κ1) is 26.1. The normalized spacial score (nSPS) is 18.6. The second-order valence-corrected chi connectivity index (χ2v) is 10.1. The third kappa shape index (κ3) is 5.09. The van der Waals surface area contributed by atoms with E-state index in [1.807, 2.05) is 12.1 Å². The van der Waals surface area contributed by atoms with Gasteiger partial charge in [-0.2, -0.15) is 0 Å². The number of nitrogens with zero attached hydrogens (tertiary/aromatic N) is 5. The predicted octanol–water partition coefficient (Wildman–Crippen LogP) is 3.73. The molecule has 4 aromatic rings. The Labute approximate surface area is 230 Å². The maximum absolute atomic E-state index is 13.6. The molecule has 208 valence electrons. The van der Waals surface area contributed by atoms with Gasteiger partial charge in [-0.15, -0.1) is 5.10 Å². The van der Waals surface area contributed by atoms with E-state index in [1.54, 1.807) is 37.1 Å².